The highest BCUT2D eigenvalue weighted by Crippen LogP contribution is 2.19. The number of hydrogen-bond donors (Lipinski definition) is 3. The number of nitrogens with zero attached hydrogens (tertiary/aromatic N) is 3. The molecule has 0 saturated heterocycles. The van der Waals surface area contributed by atoms with E-state index in [0.29, 0.717) is 24.0 Å². The number of methoxy groups -OCH3 is 1. The largest absolute Gasteiger partial charge is 0.497 e. The van der Waals surface area contributed by atoms with Crippen LogP contribution < -0.4 is 26.0 Å². The monoisotopic (exact) mass is 401 g/mol. The number of imidazole rings is 1. The lowest BCUT2D eigenvalue weighted by Gasteiger charge is -2.15. The number of aliphatic hydroxyl groups excluding tert-OH is 1. The number of ether oxygens (including phenoxy) is 2. The number of fused-ring (bicyclic) bond motifs is 1. The maximum Gasteiger partial charge on any atom is 0.329 e. The van der Waals surface area contributed by atoms with Crippen molar-refractivity contribution < 1.29 is 14.6 Å². The van der Waals surface area contributed by atoms with Crippen molar-refractivity contribution >= 4 is 17.1 Å². The molecule has 0 spiro atoms. The Balaban J connectivity index is 1.84. The Morgan fingerprint density at radius 2 is 2.00 bits per heavy atom. The summed E-state index contributed by atoms with van der Waals surface area (Å²) in [5.74, 6) is 1.62. The van der Waals surface area contributed by atoms with Crippen molar-refractivity contribution in [3.8, 4) is 11.5 Å². The number of rotatable bonds is 9. The van der Waals surface area contributed by atoms with E-state index in [1.54, 1.807) is 37.5 Å². The first-order chi connectivity index (χ1) is 13.9. The van der Waals surface area contributed by atoms with Crippen LogP contribution in [0.25, 0.3) is 11.2 Å². The van der Waals surface area contributed by atoms with Gasteiger partial charge in [-0.05, 0) is 24.3 Å². The average Bonchev–Trinajstić information content (AvgIpc) is 3.08. The van der Waals surface area contributed by atoms with Gasteiger partial charge in [0.25, 0.3) is 5.56 Å². The second-order valence-corrected chi connectivity index (χ2v) is 6.35. The molecule has 29 heavy (non-hydrogen) atoms. The minimum absolute atomic E-state index is 0.00340. The van der Waals surface area contributed by atoms with Crippen LogP contribution in [0.4, 0.5) is 5.95 Å². The number of aromatic nitrogens is 4. The van der Waals surface area contributed by atoms with Gasteiger partial charge < -0.3 is 24.5 Å². The van der Waals surface area contributed by atoms with Gasteiger partial charge in [-0.15, -0.1) is 6.58 Å². The zero-order chi connectivity index (χ0) is 21.0. The lowest BCUT2D eigenvalue weighted by atomic mass is 10.3. The number of nitrogens with one attached hydrogen (secondary N) is 2. The second-order valence-electron chi connectivity index (χ2n) is 6.35. The Morgan fingerprint density at radius 1 is 1.31 bits per heavy atom. The van der Waals surface area contributed by atoms with E-state index in [9.17, 15) is 14.7 Å². The highest BCUT2D eigenvalue weighted by atomic mass is 16.5. The Morgan fingerprint density at radius 3 is 2.66 bits per heavy atom. The molecule has 2 heterocycles. The number of aryl methyl sites for hydroxylation is 1. The fourth-order valence-corrected chi connectivity index (χ4v) is 2.84. The molecule has 1 atom stereocenters. The van der Waals surface area contributed by atoms with Crippen molar-refractivity contribution in [2.24, 2.45) is 7.05 Å². The fraction of sp³-hybridized carbons (Fsp3) is 0.316. The normalized spacial score (nSPS) is 12.0. The zero-order valence-corrected chi connectivity index (χ0v) is 16.2. The molecule has 0 aliphatic rings. The molecule has 0 radical (unpaired) electrons. The van der Waals surface area contributed by atoms with E-state index >= 15 is 0 Å². The van der Waals surface area contributed by atoms with Crippen LogP contribution >= 0.6 is 0 Å². The Labute approximate surface area is 166 Å². The third-order valence-electron chi connectivity index (χ3n) is 4.31. The molecule has 0 bridgehead atoms. The number of benzene rings is 1. The summed E-state index contributed by atoms with van der Waals surface area (Å²) in [6.45, 7) is 4.07. The number of H-pyrrole nitrogens is 1. The van der Waals surface area contributed by atoms with E-state index < -0.39 is 17.4 Å². The van der Waals surface area contributed by atoms with E-state index in [1.807, 2.05) is 0 Å². The Bertz CT molecular complexity index is 1110. The molecular formula is C19H23N5O5. The van der Waals surface area contributed by atoms with Gasteiger partial charge >= 0.3 is 5.69 Å². The molecule has 0 aliphatic heterocycles. The third-order valence-corrected chi connectivity index (χ3v) is 4.31. The number of anilines is 1. The summed E-state index contributed by atoms with van der Waals surface area (Å²) < 4.78 is 13.5. The van der Waals surface area contributed by atoms with Crippen molar-refractivity contribution in [3.05, 3.63) is 57.8 Å². The van der Waals surface area contributed by atoms with E-state index in [4.69, 9.17) is 9.47 Å². The van der Waals surface area contributed by atoms with Crippen molar-refractivity contribution in [1.29, 1.82) is 0 Å². The predicted molar refractivity (Wildman–Crippen MR) is 109 cm³/mol. The quantitative estimate of drug-likeness (QED) is 0.445. The first-order valence-corrected chi connectivity index (χ1v) is 8.93. The van der Waals surface area contributed by atoms with Gasteiger partial charge in [0.05, 0.1) is 13.7 Å². The molecule has 0 amide bonds. The lowest BCUT2D eigenvalue weighted by Crippen LogP contribution is -2.31. The molecule has 3 N–H and O–H groups in total. The lowest BCUT2D eigenvalue weighted by molar-refractivity contribution is 0.0938. The molecule has 0 saturated carbocycles. The third kappa shape index (κ3) is 4.32. The molecule has 2 aromatic heterocycles. The van der Waals surface area contributed by atoms with Crippen molar-refractivity contribution in [2.45, 2.75) is 12.6 Å². The minimum Gasteiger partial charge on any atom is -0.497 e. The fourth-order valence-electron chi connectivity index (χ4n) is 2.84. The van der Waals surface area contributed by atoms with E-state index in [0.717, 1.165) is 0 Å². The molecule has 3 aromatic rings. The second kappa shape index (κ2) is 8.65. The summed E-state index contributed by atoms with van der Waals surface area (Å²) in [6, 6.07) is 6.97. The van der Waals surface area contributed by atoms with Gasteiger partial charge in [0, 0.05) is 13.6 Å². The van der Waals surface area contributed by atoms with Crippen LogP contribution in [0.2, 0.25) is 0 Å². The highest BCUT2D eigenvalue weighted by Gasteiger charge is 2.19. The molecule has 3 rings (SSSR count). The summed E-state index contributed by atoms with van der Waals surface area (Å²) in [5.41, 5.74) is -0.743. The topological polar surface area (TPSA) is 123 Å². The van der Waals surface area contributed by atoms with E-state index in [1.165, 1.54) is 16.2 Å². The van der Waals surface area contributed by atoms with Gasteiger partial charge in [0.1, 0.15) is 24.2 Å². The van der Waals surface area contributed by atoms with Crippen LogP contribution in [0.3, 0.4) is 0 Å². The first kappa shape index (κ1) is 20.2. The van der Waals surface area contributed by atoms with E-state index in [2.05, 4.69) is 21.9 Å². The maximum absolute atomic E-state index is 12.4. The van der Waals surface area contributed by atoms with Crippen LogP contribution in [-0.4, -0.2) is 50.6 Å². The summed E-state index contributed by atoms with van der Waals surface area (Å²) >= 11 is 0. The van der Waals surface area contributed by atoms with Crippen LogP contribution in [0.15, 0.2) is 46.5 Å². The summed E-state index contributed by atoms with van der Waals surface area (Å²) in [5, 5.41) is 13.5. The molecule has 1 aromatic carbocycles. The standard InChI is InChI=1S/C19H23N5O5/c1-4-9-20-18-21-16-15(17(26)22-19(27)23(16)2)24(18)10-12(25)11-29-14-7-5-13(28-3)6-8-14/h4-8,12,25H,1,9-11H2,2-3H3,(H,20,21)(H,22,26,27)/t12-/m0/s1. The van der Waals surface area contributed by atoms with Crippen molar-refractivity contribution in [1.82, 2.24) is 19.1 Å². The summed E-state index contributed by atoms with van der Waals surface area (Å²) in [4.78, 5) is 30.8. The number of aliphatic hydroxyl groups is 1. The van der Waals surface area contributed by atoms with Crippen LogP contribution in [0.1, 0.15) is 0 Å². The first-order valence-electron chi connectivity index (χ1n) is 8.93. The van der Waals surface area contributed by atoms with Gasteiger partial charge in [-0.3, -0.25) is 14.3 Å². The van der Waals surface area contributed by atoms with Gasteiger partial charge in [0.2, 0.25) is 5.95 Å². The van der Waals surface area contributed by atoms with Gasteiger partial charge in [-0.1, -0.05) is 6.08 Å². The molecule has 154 valence electrons. The van der Waals surface area contributed by atoms with Crippen LogP contribution in [0.5, 0.6) is 11.5 Å². The molecular weight excluding hydrogens is 378 g/mol. The van der Waals surface area contributed by atoms with Crippen LogP contribution in [0, 0.1) is 0 Å². The van der Waals surface area contributed by atoms with Crippen molar-refractivity contribution in [2.75, 3.05) is 25.6 Å². The predicted octanol–water partition coefficient (Wildman–Crippen LogP) is 0.470. The summed E-state index contributed by atoms with van der Waals surface area (Å²) in [6.07, 6.45) is 0.700. The van der Waals surface area contributed by atoms with Gasteiger partial charge in [-0.2, -0.15) is 4.98 Å². The number of aromatic amines is 1. The molecule has 10 heteroatoms. The Kier molecular flexibility index (Phi) is 6.03. The molecule has 0 aliphatic carbocycles. The Hall–Kier alpha value is -3.53. The molecule has 10 nitrogen and oxygen atoms in total. The maximum atomic E-state index is 12.4. The number of hydrogen-bond acceptors (Lipinski definition) is 7. The van der Waals surface area contributed by atoms with Crippen LogP contribution in [-0.2, 0) is 13.6 Å². The van der Waals surface area contributed by atoms with Gasteiger partial charge in [0.15, 0.2) is 11.2 Å². The van der Waals surface area contributed by atoms with E-state index in [-0.39, 0.29) is 24.3 Å². The zero-order valence-electron chi connectivity index (χ0n) is 16.2. The smallest absolute Gasteiger partial charge is 0.329 e. The summed E-state index contributed by atoms with van der Waals surface area (Å²) in [7, 11) is 3.09. The molecule has 0 fully saturated rings. The SMILES string of the molecule is C=CCNc1nc2c(c(=O)[nH]c(=O)n2C)n1C[C@H](O)COc1ccc(OC)cc1. The average molecular weight is 401 g/mol. The minimum atomic E-state index is -0.935. The van der Waals surface area contributed by atoms with Gasteiger partial charge in [-0.25, -0.2) is 4.79 Å². The van der Waals surface area contributed by atoms with Crippen molar-refractivity contribution in [3.63, 3.8) is 0 Å². The highest BCUT2D eigenvalue weighted by molar-refractivity contribution is 5.74. The molecule has 0 unspecified atom stereocenters.